The van der Waals surface area contributed by atoms with Gasteiger partial charge in [0.2, 0.25) is 0 Å². The van der Waals surface area contributed by atoms with Gasteiger partial charge in [0.05, 0.1) is 15.7 Å². The molecule has 0 saturated carbocycles. The minimum Gasteiger partial charge on any atom is -0.486 e. The molecule has 0 saturated heterocycles. The largest absolute Gasteiger partial charge is 0.486 e. The summed E-state index contributed by atoms with van der Waals surface area (Å²) in [7, 11) is 0. The molecule has 1 amide bonds. The second kappa shape index (κ2) is 6.21. The van der Waals surface area contributed by atoms with Crippen molar-refractivity contribution in [2.45, 2.75) is 6.92 Å². The molecule has 2 aromatic heterocycles. The highest BCUT2D eigenvalue weighted by Gasteiger charge is 2.16. The summed E-state index contributed by atoms with van der Waals surface area (Å²) < 4.78 is 12.1. The van der Waals surface area contributed by atoms with Crippen molar-refractivity contribution in [1.82, 2.24) is 9.97 Å². The van der Waals surface area contributed by atoms with Gasteiger partial charge in [-0.3, -0.25) is 15.1 Å². The first kappa shape index (κ1) is 16.0. The van der Waals surface area contributed by atoms with Gasteiger partial charge in [0.1, 0.15) is 13.2 Å². The summed E-state index contributed by atoms with van der Waals surface area (Å²) in [5.74, 6) is 1.20. The third kappa shape index (κ3) is 2.96. The number of nitrogens with one attached hydrogen (secondary N) is 1. The van der Waals surface area contributed by atoms with Crippen LogP contribution in [0.1, 0.15) is 16.1 Å². The lowest BCUT2D eigenvalue weighted by atomic mass is 10.1. The van der Waals surface area contributed by atoms with Gasteiger partial charge in [-0.2, -0.15) is 0 Å². The van der Waals surface area contributed by atoms with E-state index in [-0.39, 0.29) is 5.91 Å². The van der Waals surface area contributed by atoms with Gasteiger partial charge >= 0.3 is 0 Å². The van der Waals surface area contributed by atoms with Crippen LogP contribution >= 0.6 is 11.3 Å². The first-order valence-corrected chi connectivity index (χ1v) is 9.36. The van der Waals surface area contributed by atoms with E-state index in [2.05, 4.69) is 15.3 Å². The number of ether oxygens (including phenoxy) is 2. The van der Waals surface area contributed by atoms with Crippen LogP contribution in [0.5, 0.6) is 11.5 Å². The molecule has 134 valence electrons. The molecule has 5 rings (SSSR count). The number of rotatable bonds is 2. The number of nitrogens with zero attached hydrogens (tertiary/aromatic N) is 2. The van der Waals surface area contributed by atoms with Gasteiger partial charge in [-0.05, 0) is 31.2 Å². The van der Waals surface area contributed by atoms with E-state index in [4.69, 9.17) is 9.47 Å². The number of fused-ring (bicyclic) bond motifs is 3. The summed E-state index contributed by atoms with van der Waals surface area (Å²) in [6.45, 7) is 3.01. The third-order valence-corrected chi connectivity index (χ3v) is 5.30. The van der Waals surface area contributed by atoms with Crippen molar-refractivity contribution in [1.29, 1.82) is 0 Å². The normalized spacial score (nSPS) is 13.1. The fourth-order valence-corrected chi connectivity index (χ4v) is 3.93. The van der Waals surface area contributed by atoms with E-state index in [1.165, 1.54) is 11.3 Å². The molecule has 2 aromatic carbocycles. The zero-order valence-corrected chi connectivity index (χ0v) is 15.3. The van der Waals surface area contributed by atoms with Crippen molar-refractivity contribution in [2.24, 2.45) is 0 Å². The van der Waals surface area contributed by atoms with Gasteiger partial charge in [-0.25, -0.2) is 4.98 Å². The lowest BCUT2D eigenvalue weighted by molar-refractivity contribution is 0.102. The summed E-state index contributed by atoms with van der Waals surface area (Å²) in [4.78, 5) is 21.6. The van der Waals surface area contributed by atoms with Crippen LogP contribution in [-0.4, -0.2) is 29.1 Å². The summed E-state index contributed by atoms with van der Waals surface area (Å²) in [5, 5.41) is 4.35. The standard InChI is InChI=1S/C20H15N3O3S/c1-11-2-3-12-8-13(4-5-14(12)21-11)19(24)23-20-22-15-9-16-17(10-18(15)27-20)26-7-6-25-16/h2-5,8-10H,6-7H2,1H3,(H,22,23,24). The second-order valence-electron chi connectivity index (χ2n) is 6.30. The smallest absolute Gasteiger partial charge is 0.257 e. The summed E-state index contributed by atoms with van der Waals surface area (Å²) in [5.41, 5.74) is 3.16. The fraction of sp³-hybridized carbons (Fsp3) is 0.150. The molecular formula is C20H15N3O3S. The monoisotopic (exact) mass is 377 g/mol. The molecule has 0 spiro atoms. The average molecular weight is 377 g/mol. The zero-order valence-electron chi connectivity index (χ0n) is 14.5. The SMILES string of the molecule is Cc1ccc2cc(C(=O)Nc3nc4cc5c(cc4s3)OCCO5)ccc2n1. The van der Waals surface area contributed by atoms with Gasteiger partial charge < -0.3 is 9.47 Å². The van der Waals surface area contributed by atoms with Crippen molar-refractivity contribution >= 4 is 43.5 Å². The van der Waals surface area contributed by atoms with Crippen molar-refractivity contribution in [2.75, 3.05) is 18.5 Å². The Morgan fingerprint density at radius 3 is 2.67 bits per heavy atom. The van der Waals surface area contributed by atoms with Crippen LogP contribution in [0.4, 0.5) is 5.13 Å². The number of carbonyl (C=O) groups is 1. The first-order chi connectivity index (χ1) is 13.2. The number of benzene rings is 2. The number of hydrogen-bond acceptors (Lipinski definition) is 6. The molecule has 1 aliphatic rings. The van der Waals surface area contributed by atoms with E-state index in [0.717, 1.165) is 26.8 Å². The summed E-state index contributed by atoms with van der Waals surface area (Å²) in [6, 6.07) is 13.1. The fourth-order valence-electron chi connectivity index (χ4n) is 3.06. The predicted octanol–water partition coefficient (Wildman–Crippen LogP) is 4.18. The molecular weight excluding hydrogens is 362 g/mol. The molecule has 1 aliphatic heterocycles. The highest BCUT2D eigenvalue weighted by atomic mass is 32.1. The Hall–Kier alpha value is -3.19. The predicted molar refractivity (Wildman–Crippen MR) is 105 cm³/mol. The van der Waals surface area contributed by atoms with Crippen LogP contribution in [-0.2, 0) is 0 Å². The number of anilines is 1. The highest BCUT2D eigenvalue weighted by molar-refractivity contribution is 7.22. The number of pyridine rings is 1. The van der Waals surface area contributed by atoms with E-state index >= 15 is 0 Å². The number of carbonyl (C=O) groups excluding carboxylic acids is 1. The third-order valence-electron chi connectivity index (χ3n) is 4.36. The maximum atomic E-state index is 12.6. The minimum atomic E-state index is -0.200. The lowest BCUT2D eigenvalue weighted by Gasteiger charge is -2.17. The quantitative estimate of drug-likeness (QED) is 0.567. The number of aromatic nitrogens is 2. The van der Waals surface area contributed by atoms with E-state index < -0.39 is 0 Å². The number of amides is 1. The first-order valence-electron chi connectivity index (χ1n) is 8.55. The average Bonchev–Trinajstić information content (AvgIpc) is 3.06. The summed E-state index contributed by atoms with van der Waals surface area (Å²) >= 11 is 1.41. The number of thiazole rings is 1. The molecule has 0 bridgehead atoms. The second-order valence-corrected chi connectivity index (χ2v) is 7.33. The summed E-state index contributed by atoms with van der Waals surface area (Å²) in [6.07, 6.45) is 0. The Kier molecular flexibility index (Phi) is 3.68. The number of hydrogen-bond donors (Lipinski definition) is 1. The van der Waals surface area contributed by atoms with E-state index in [9.17, 15) is 4.79 Å². The van der Waals surface area contributed by atoms with Gasteiger partial charge in [-0.1, -0.05) is 17.4 Å². The maximum absolute atomic E-state index is 12.6. The Morgan fingerprint density at radius 2 is 1.81 bits per heavy atom. The van der Waals surface area contributed by atoms with Gasteiger partial charge in [0.25, 0.3) is 5.91 Å². The van der Waals surface area contributed by atoms with Crippen LogP contribution in [0.25, 0.3) is 21.1 Å². The molecule has 6 nitrogen and oxygen atoms in total. The molecule has 0 unspecified atom stereocenters. The molecule has 3 heterocycles. The molecule has 27 heavy (non-hydrogen) atoms. The topological polar surface area (TPSA) is 73.3 Å². The highest BCUT2D eigenvalue weighted by Crippen LogP contribution is 2.37. The van der Waals surface area contributed by atoms with E-state index in [0.29, 0.717) is 35.4 Å². The molecule has 4 aromatic rings. The minimum absolute atomic E-state index is 0.200. The van der Waals surface area contributed by atoms with Crippen molar-refractivity contribution in [3.8, 4) is 11.5 Å². The van der Waals surface area contributed by atoms with Crippen LogP contribution in [0.3, 0.4) is 0 Å². The maximum Gasteiger partial charge on any atom is 0.257 e. The lowest BCUT2D eigenvalue weighted by Crippen LogP contribution is -2.15. The van der Waals surface area contributed by atoms with Crippen LogP contribution in [0.2, 0.25) is 0 Å². The Bertz CT molecular complexity index is 1160. The van der Waals surface area contributed by atoms with Crippen molar-refractivity contribution in [3.63, 3.8) is 0 Å². The van der Waals surface area contributed by atoms with E-state index in [1.54, 1.807) is 6.07 Å². The Labute approximate surface area is 158 Å². The van der Waals surface area contributed by atoms with Crippen molar-refractivity contribution < 1.29 is 14.3 Å². The molecule has 7 heteroatoms. The zero-order chi connectivity index (χ0) is 18.4. The van der Waals surface area contributed by atoms with Crippen molar-refractivity contribution in [3.05, 3.63) is 53.7 Å². The van der Waals surface area contributed by atoms with Crippen LogP contribution in [0.15, 0.2) is 42.5 Å². The molecule has 0 aliphatic carbocycles. The number of aryl methyl sites for hydroxylation is 1. The Morgan fingerprint density at radius 1 is 1.00 bits per heavy atom. The molecule has 1 N–H and O–H groups in total. The van der Waals surface area contributed by atoms with Crippen LogP contribution < -0.4 is 14.8 Å². The van der Waals surface area contributed by atoms with Gasteiger partial charge in [0.15, 0.2) is 16.6 Å². The van der Waals surface area contributed by atoms with Crippen LogP contribution in [0, 0.1) is 6.92 Å². The van der Waals surface area contributed by atoms with Gasteiger partial charge in [0, 0.05) is 28.8 Å². The molecule has 0 fully saturated rings. The Balaban J connectivity index is 1.44. The molecule has 0 radical (unpaired) electrons. The van der Waals surface area contributed by atoms with Gasteiger partial charge in [-0.15, -0.1) is 0 Å². The molecule has 0 atom stereocenters. The van der Waals surface area contributed by atoms with E-state index in [1.807, 2.05) is 43.3 Å².